The van der Waals surface area contributed by atoms with E-state index in [4.69, 9.17) is 17.3 Å². The Morgan fingerprint density at radius 1 is 1.00 bits per heavy atom. The molecule has 0 atom stereocenters. The summed E-state index contributed by atoms with van der Waals surface area (Å²) in [6, 6.07) is 15.4. The van der Waals surface area contributed by atoms with Crippen molar-refractivity contribution in [3.63, 3.8) is 0 Å². The van der Waals surface area contributed by atoms with Crippen molar-refractivity contribution in [1.82, 2.24) is 9.97 Å². The highest BCUT2D eigenvalue weighted by molar-refractivity contribution is 6.31. The van der Waals surface area contributed by atoms with Gasteiger partial charge in [0.1, 0.15) is 5.82 Å². The number of anilines is 1. The Labute approximate surface area is 116 Å². The van der Waals surface area contributed by atoms with Crippen LogP contribution in [-0.2, 0) is 0 Å². The molecule has 1 heterocycles. The first-order valence-corrected chi connectivity index (χ1v) is 6.27. The molecule has 0 radical (unpaired) electrons. The first kappa shape index (κ1) is 11.8. The first-order chi connectivity index (χ1) is 9.22. The van der Waals surface area contributed by atoms with E-state index in [1.54, 1.807) is 6.07 Å². The molecule has 1 aromatic heterocycles. The Balaban J connectivity index is 2.02. The van der Waals surface area contributed by atoms with Crippen molar-refractivity contribution < 1.29 is 0 Å². The van der Waals surface area contributed by atoms with Crippen LogP contribution >= 0.6 is 11.6 Å². The zero-order valence-corrected chi connectivity index (χ0v) is 10.9. The van der Waals surface area contributed by atoms with Crippen molar-refractivity contribution in [2.45, 2.75) is 0 Å². The highest BCUT2D eigenvalue weighted by atomic mass is 35.5. The second kappa shape index (κ2) is 4.78. The van der Waals surface area contributed by atoms with Gasteiger partial charge < -0.3 is 10.7 Å². The zero-order valence-electron chi connectivity index (χ0n) is 10.1. The molecule has 0 bridgehead atoms. The van der Waals surface area contributed by atoms with E-state index in [1.165, 1.54) is 0 Å². The largest absolute Gasteiger partial charge is 0.399 e. The van der Waals surface area contributed by atoms with Gasteiger partial charge in [-0.05, 0) is 23.8 Å². The van der Waals surface area contributed by atoms with Crippen LogP contribution in [0.2, 0.25) is 5.02 Å². The van der Waals surface area contributed by atoms with Crippen LogP contribution in [-0.4, -0.2) is 9.97 Å². The minimum absolute atomic E-state index is 0.604. The molecule has 0 aliphatic heterocycles. The van der Waals surface area contributed by atoms with Crippen LogP contribution in [0.1, 0.15) is 0 Å². The number of benzene rings is 2. The van der Waals surface area contributed by atoms with Crippen molar-refractivity contribution in [1.29, 1.82) is 0 Å². The molecule has 2 aromatic carbocycles. The Hall–Kier alpha value is -2.26. The zero-order chi connectivity index (χ0) is 13.2. The molecule has 3 nitrogen and oxygen atoms in total. The van der Waals surface area contributed by atoms with Gasteiger partial charge >= 0.3 is 0 Å². The second-order valence-electron chi connectivity index (χ2n) is 4.28. The van der Waals surface area contributed by atoms with Crippen LogP contribution in [0.15, 0.2) is 54.7 Å². The molecule has 0 saturated carbocycles. The number of aromatic amines is 1. The van der Waals surface area contributed by atoms with Gasteiger partial charge in [-0.15, -0.1) is 0 Å². The summed E-state index contributed by atoms with van der Waals surface area (Å²) >= 11 is 6.00. The number of nitrogens with zero attached hydrogens (tertiary/aromatic N) is 1. The number of rotatable bonds is 2. The van der Waals surface area contributed by atoms with Gasteiger partial charge in [0.25, 0.3) is 0 Å². The van der Waals surface area contributed by atoms with Crippen LogP contribution in [0.4, 0.5) is 5.69 Å². The quantitative estimate of drug-likeness (QED) is 0.692. The van der Waals surface area contributed by atoms with Gasteiger partial charge in [0, 0.05) is 16.3 Å². The van der Waals surface area contributed by atoms with Crippen LogP contribution in [0.3, 0.4) is 0 Å². The van der Waals surface area contributed by atoms with Gasteiger partial charge in [0.15, 0.2) is 0 Å². The number of halogens is 1. The summed E-state index contributed by atoms with van der Waals surface area (Å²) in [6.45, 7) is 0. The fourth-order valence-electron chi connectivity index (χ4n) is 1.98. The summed E-state index contributed by atoms with van der Waals surface area (Å²) in [5.41, 5.74) is 9.36. The molecular weight excluding hydrogens is 258 g/mol. The molecule has 0 saturated heterocycles. The maximum Gasteiger partial charge on any atom is 0.137 e. The van der Waals surface area contributed by atoms with Crippen molar-refractivity contribution in [3.05, 3.63) is 59.8 Å². The number of hydrogen-bond acceptors (Lipinski definition) is 2. The van der Waals surface area contributed by atoms with Crippen molar-refractivity contribution in [2.24, 2.45) is 0 Å². The van der Waals surface area contributed by atoms with E-state index >= 15 is 0 Å². The van der Waals surface area contributed by atoms with Crippen LogP contribution in [0, 0.1) is 0 Å². The summed E-state index contributed by atoms with van der Waals surface area (Å²) in [4.78, 5) is 7.65. The molecule has 0 amide bonds. The lowest BCUT2D eigenvalue weighted by Gasteiger charge is -2.01. The van der Waals surface area contributed by atoms with E-state index in [2.05, 4.69) is 9.97 Å². The third-order valence-electron chi connectivity index (χ3n) is 2.85. The molecule has 3 rings (SSSR count). The molecule has 0 aliphatic rings. The monoisotopic (exact) mass is 269 g/mol. The molecule has 0 spiro atoms. The highest BCUT2D eigenvalue weighted by Crippen LogP contribution is 2.26. The normalized spacial score (nSPS) is 10.6. The number of hydrogen-bond donors (Lipinski definition) is 2. The van der Waals surface area contributed by atoms with Crippen LogP contribution < -0.4 is 5.73 Å². The lowest BCUT2D eigenvalue weighted by Crippen LogP contribution is -1.87. The molecule has 19 heavy (non-hydrogen) atoms. The summed E-state index contributed by atoms with van der Waals surface area (Å²) in [5, 5.41) is 0.604. The predicted octanol–water partition coefficient (Wildman–Crippen LogP) is 3.98. The summed E-state index contributed by atoms with van der Waals surface area (Å²) in [5.74, 6) is 0.757. The van der Waals surface area contributed by atoms with Gasteiger partial charge in [-0.3, -0.25) is 0 Å². The fourth-order valence-corrected chi connectivity index (χ4v) is 2.22. The summed E-state index contributed by atoms with van der Waals surface area (Å²) in [7, 11) is 0. The smallest absolute Gasteiger partial charge is 0.137 e. The van der Waals surface area contributed by atoms with Crippen molar-refractivity contribution in [3.8, 4) is 22.6 Å². The SMILES string of the molecule is Nc1cc(Cl)cc(-c2ncc(-c3ccccc3)[nH]2)c1. The van der Waals surface area contributed by atoms with Gasteiger partial charge in [-0.2, -0.15) is 0 Å². The molecule has 0 unspecified atom stereocenters. The van der Waals surface area contributed by atoms with E-state index in [1.807, 2.05) is 48.7 Å². The predicted molar refractivity (Wildman–Crippen MR) is 78.9 cm³/mol. The standard InChI is InChI=1S/C15H12ClN3/c16-12-6-11(7-13(17)8-12)15-18-9-14(19-15)10-4-2-1-3-5-10/h1-9H,17H2,(H,18,19). The average molecular weight is 270 g/mol. The molecule has 0 fully saturated rings. The van der Waals surface area contributed by atoms with Crippen LogP contribution in [0.25, 0.3) is 22.6 Å². The van der Waals surface area contributed by atoms with E-state index in [9.17, 15) is 0 Å². The van der Waals surface area contributed by atoms with Crippen LogP contribution in [0.5, 0.6) is 0 Å². The number of imidazole rings is 1. The van der Waals surface area contributed by atoms with Gasteiger partial charge in [-0.25, -0.2) is 4.98 Å². The Morgan fingerprint density at radius 3 is 2.53 bits per heavy atom. The number of H-pyrrole nitrogens is 1. The molecule has 3 aromatic rings. The number of nitrogens with two attached hydrogens (primary N) is 1. The van der Waals surface area contributed by atoms with Crippen molar-refractivity contribution in [2.75, 3.05) is 5.73 Å². The van der Waals surface area contributed by atoms with Gasteiger partial charge in [0.05, 0.1) is 11.9 Å². The maximum absolute atomic E-state index is 6.00. The molecular formula is C15H12ClN3. The molecule has 0 aliphatic carbocycles. The highest BCUT2D eigenvalue weighted by Gasteiger charge is 2.06. The molecule has 94 valence electrons. The minimum Gasteiger partial charge on any atom is -0.399 e. The number of aromatic nitrogens is 2. The van der Waals surface area contributed by atoms with E-state index in [0.717, 1.165) is 22.6 Å². The molecule has 3 N–H and O–H groups in total. The topological polar surface area (TPSA) is 54.7 Å². The summed E-state index contributed by atoms with van der Waals surface area (Å²) in [6.07, 6.45) is 1.81. The third-order valence-corrected chi connectivity index (χ3v) is 3.07. The Kier molecular flexibility index (Phi) is 2.97. The van der Waals surface area contributed by atoms with E-state index < -0.39 is 0 Å². The third kappa shape index (κ3) is 2.46. The lowest BCUT2D eigenvalue weighted by atomic mass is 10.2. The summed E-state index contributed by atoms with van der Waals surface area (Å²) < 4.78 is 0. The van der Waals surface area contributed by atoms with Gasteiger partial charge in [0.2, 0.25) is 0 Å². The van der Waals surface area contributed by atoms with E-state index in [-0.39, 0.29) is 0 Å². The first-order valence-electron chi connectivity index (χ1n) is 5.89. The van der Waals surface area contributed by atoms with Crippen molar-refractivity contribution >= 4 is 17.3 Å². The Bertz CT molecular complexity index is 684. The number of nitrogen functional groups attached to an aromatic ring is 1. The second-order valence-corrected chi connectivity index (χ2v) is 4.72. The number of nitrogens with one attached hydrogen (secondary N) is 1. The molecule has 4 heteroatoms. The lowest BCUT2D eigenvalue weighted by molar-refractivity contribution is 1.31. The van der Waals surface area contributed by atoms with Gasteiger partial charge in [-0.1, -0.05) is 41.9 Å². The average Bonchev–Trinajstić information content (AvgIpc) is 2.88. The minimum atomic E-state index is 0.604. The fraction of sp³-hybridized carbons (Fsp3) is 0. The van der Waals surface area contributed by atoms with E-state index in [0.29, 0.717) is 10.7 Å². The Morgan fingerprint density at radius 2 is 1.79 bits per heavy atom. The maximum atomic E-state index is 6.00.